The fourth-order valence-corrected chi connectivity index (χ4v) is 1.09. The van der Waals surface area contributed by atoms with Crippen molar-refractivity contribution in [2.75, 3.05) is 7.11 Å². The fourth-order valence-electron chi connectivity index (χ4n) is 1.09. The van der Waals surface area contributed by atoms with Crippen molar-refractivity contribution in [1.82, 2.24) is 15.2 Å². The van der Waals surface area contributed by atoms with Crippen molar-refractivity contribution in [2.24, 2.45) is 4.99 Å². The van der Waals surface area contributed by atoms with Crippen LogP contribution in [0.15, 0.2) is 35.6 Å². The van der Waals surface area contributed by atoms with Crippen molar-refractivity contribution in [1.29, 1.82) is 0 Å². The molecule has 0 saturated carbocycles. The zero-order chi connectivity index (χ0) is 10.5. The molecule has 2 aromatic rings. The third-order valence-electron chi connectivity index (χ3n) is 1.85. The second-order valence-corrected chi connectivity index (χ2v) is 2.84. The number of aromatic nitrogens is 3. The van der Waals surface area contributed by atoms with E-state index in [1.165, 1.54) is 6.33 Å². The van der Waals surface area contributed by atoms with Gasteiger partial charge < -0.3 is 4.74 Å². The van der Waals surface area contributed by atoms with E-state index in [0.29, 0.717) is 5.95 Å². The first kappa shape index (κ1) is 9.39. The molecule has 1 aromatic heterocycles. The Balaban J connectivity index is 2.11. The van der Waals surface area contributed by atoms with E-state index in [1.54, 1.807) is 13.3 Å². The molecule has 0 aliphatic heterocycles. The van der Waals surface area contributed by atoms with Gasteiger partial charge >= 0.3 is 0 Å². The van der Waals surface area contributed by atoms with Crippen molar-refractivity contribution in [3.63, 3.8) is 0 Å². The van der Waals surface area contributed by atoms with E-state index in [1.807, 2.05) is 24.3 Å². The number of hydrogen-bond acceptors (Lipinski definition) is 4. The molecule has 76 valence electrons. The molecule has 0 saturated heterocycles. The largest absolute Gasteiger partial charge is 0.497 e. The number of methoxy groups -OCH3 is 1. The molecule has 5 heteroatoms. The number of aliphatic imine (C=N–C) groups is 1. The van der Waals surface area contributed by atoms with Gasteiger partial charge in [-0.3, -0.25) is 0 Å². The summed E-state index contributed by atoms with van der Waals surface area (Å²) < 4.78 is 5.05. The summed E-state index contributed by atoms with van der Waals surface area (Å²) in [6, 6.07) is 7.58. The summed E-state index contributed by atoms with van der Waals surface area (Å²) in [7, 11) is 1.64. The van der Waals surface area contributed by atoms with Crippen LogP contribution in [0.4, 0.5) is 5.95 Å². The Morgan fingerprint density at radius 2 is 2.13 bits per heavy atom. The number of aromatic amines is 1. The van der Waals surface area contributed by atoms with E-state index in [0.717, 1.165) is 11.3 Å². The summed E-state index contributed by atoms with van der Waals surface area (Å²) in [4.78, 5) is 7.97. The molecular weight excluding hydrogens is 192 g/mol. The Morgan fingerprint density at radius 3 is 2.73 bits per heavy atom. The number of benzene rings is 1. The second kappa shape index (κ2) is 4.36. The lowest BCUT2D eigenvalue weighted by Gasteiger charge is -1.98. The lowest BCUT2D eigenvalue weighted by atomic mass is 10.2. The van der Waals surface area contributed by atoms with Crippen molar-refractivity contribution in [3.8, 4) is 5.75 Å². The molecule has 0 unspecified atom stereocenters. The van der Waals surface area contributed by atoms with Gasteiger partial charge in [-0.05, 0) is 29.8 Å². The molecule has 0 fully saturated rings. The highest BCUT2D eigenvalue weighted by Crippen LogP contribution is 2.10. The molecule has 1 heterocycles. The Bertz CT molecular complexity index is 433. The maximum Gasteiger partial charge on any atom is 0.245 e. The van der Waals surface area contributed by atoms with Crippen molar-refractivity contribution in [3.05, 3.63) is 36.2 Å². The number of nitrogens with zero attached hydrogens (tertiary/aromatic N) is 3. The molecule has 0 bridgehead atoms. The molecule has 0 amide bonds. The summed E-state index contributed by atoms with van der Waals surface area (Å²) in [6.45, 7) is 0. The second-order valence-electron chi connectivity index (χ2n) is 2.84. The molecule has 0 aliphatic rings. The van der Waals surface area contributed by atoms with Gasteiger partial charge in [0, 0.05) is 6.21 Å². The van der Waals surface area contributed by atoms with Crippen LogP contribution in [0.3, 0.4) is 0 Å². The average Bonchev–Trinajstić information content (AvgIpc) is 2.80. The van der Waals surface area contributed by atoms with Crippen LogP contribution in [0.25, 0.3) is 0 Å². The summed E-state index contributed by atoms with van der Waals surface area (Å²) in [5, 5.41) is 6.34. The van der Waals surface area contributed by atoms with E-state index < -0.39 is 0 Å². The number of hydrogen-bond donors (Lipinski definition) is 1. The topological polar surface area (TPSA) is 63.2 Å². The van der Waals surface area contributed by atoms with Gasteiger partial charge in [-0.15, -0.1) is 0 Å². The first-order chi connectivity index (χ1) is 7.38. The zero-order valence-corrected chi connectivity index (χ0v) is 8.21. The molecule has 0 spiro atoms. The predicted molar refractivity (Wildman–Crippen MR) is 56.6 cm³/mol. The van der Waals surface area contributed by atoms with Gasteiger partial charge in [0.1, 0.15) is 12.1 Å². The summed E-state index contributed by atoms with van der Waals surface area (Å²) >= 11 is 0. The lowest BCUT2D eigenvalue weighted by molar-refractivity contribution is 0.415. The zero-order valence-electron chi connectivity index (χ0n) is 8.21. The highest BCUT2D eigenvalue weighted by Gasteiger charge is 1.92. The van der Waals surface area contributed by atoms with Crippen LogP contribution in [0.5, 0.6) is 5.75 Å². The van der Waals surface area contributed by atoms with Gasteiger partial charge in [0.15, 0.2) is 0 Å². The minimum Gasteiger partial charge on any atom is -0.497 e. The molecular formula is C10H10N4O. The Labute approximate surface area is 86.8 Å². The summed E-state index contributed by atoms with van der Waals surface area (Å²) in [5.74, 6) is 1.32. The van der Waals surface area contributed by atoms with Crippen LogP contribution < -0.4 is 4.74 Å². The SMILES string of the molecule is COc1ccc(/C=N\c2ncn[nH]2)cc1. The predicted octanol–water partition coefficient (Wildman–Crippen LogP) is 1.56. The minimum absolute atomic E-state index is 0.491. The van der Waals surface area contributed by atoms with E-state index in [-0.39, 0.29) is 0 Å². The monoisotopic (exact) mass is 202 g/mol. The number of H-pyrrole nitrogens is 1. The normalized spacial score (nSPS) is 10.7. The smallest absolute Gasteiger partial charge is 0.245 e. The van der Waals surface area contributed by atoms with E-state index in [9.17, 15) is 0 Å². The van der Waals surface area contributed by atoms with E-state index >= 15 is 0 Å². The third kappa shape index (κ3) is 2.40. The van der Waals surface area contributed by atoms with Gasteiger partial charge in [0.2, 0.25) is 5.95 Å². The molecule has 1 N–H and O–H groups in total. The highest BCUT2D eigenvalue weighted by molar-refractivity contribution is 5.81. The fraction of sp³-hybridized carbons (Fsp3) is 0.100. The van der Waals surface area contributed by atoms with Crippen LogP contribution in [0.1, 0.15) is 5.56 Å². The van der Waals surface area contributed by atoms with Crippen LogP contribution in [0, 0.1) is 0 Å². The maximum atomic E-state index is 5.05. The molecule has 0 aliphatic carbocycles. The molecule has 15 heavy (non-hydrogen) atoms. The Kier molecular flexibility index (Phi) is 2.73. The van der Waals surface area contributed by atoms with E-state index in [2.05, 4.69) is 20.2 Å². The quantitative estimate of drug-likeness (QED) is 0.768. The molecule has 0 atom stereocenters. The first-order valence-corrected chi connectivity index (χ1v) is 4.42. The van der Waals surface area contributed by atoms with Crippen molar-refractivity contribution >= 4 is 12.2 Å². The van der Waals surface area contributed by atoms with Gasteiger partial charge in [0.05, 0.1) is 7.11 Å². The van der Waals surface area contributed by atoms with Gasteiger partial charge in [-0.1, -0.05) is 0 Å². The molecule has 0 radical (unpaired) electrons. The third-order valence-corrected chi connectivity index (χ3v) is 1.85. The average molecular weight is 202 g/mol. The Hall–Kier alpha value is -2.17. The summed E-state index contributed by atoms with van der Waals surface area (Å²) in [6.07, 6.45) is 3.13. The molecule has 5 nitrogen and oxygen atoms in total. The van der Waals surface area contributed by atoms with Gasteiger partial charge in [-0.25, -0.2) is 10.1 Å². The summed E-state index contributed by atoms with van der Waals surface area (Å²) in [5.41, 5.74) is 0.979. The van der Waals surface area contributed by atoms with Crippen LogP contribution >= 0.6 is 0 Å². The lowest BCUT2D eigenvalue weighted by Crippen LogP contribution is -1.84. The minimum atomic E-state index is 0.491. The van der Waals surface area contributed by atoms with E-state index in [4.69, 9.17) is 4.74 Å². The van der Waals surface area contributed by atoms with Crippen molar-refractivity contribution < 1.29 is 4.74 Å². The first-order valence-electron chi connectivity index (χ1n) is 4.42. The van der Waals surface area contributed by atoms with Gasteiger partial charge in [-0.2, -0.15) is 10.1 Å². The van der Waals surface area contributed by atoms with Crippen LogP contribution in [-0.2, 0) is 0 Å². The standard InChI is InChI=1S/C10H10N4O/c1-15-9-4-2-8(3-5-9)6-11-10-12-7-13-14-10/h2-7H,1H3,(H,12,13,14)/b11-6-. The highest BCUT2D eigenvalue weighted by atomic mass is 16.5. The number of nitrogens with one attached hydrogen (secondary N) is 1. The Morgan fingerprint density at radius 1 is 1.33 bits per heavy atom. The van der Waals surface area contributed by atoms with Crippen LogP contribution in [-0.4, -0.2) is 28.5 Å². The number of ether oxygens (including phenoxy) is 1. The van der Waals surface area contributed by atoms with Gasteiger partial charge in [0.25, 0.3) is 0 Å². The van der Waals surface area contributed by atoms with Crippen molar-refractivity contribution in [2.45, 2.75) is 0 Å². The van der Waals surface area contributed by atoms with Crippen LogP contribution in [0.2, 0.25) is 0 Å². The maximum absolute atomic E-state index is 5.05. The molecule has 2 rings (SSSR count). The number of rotatable bonds is 3. The molecule has 1 aromatic carbocycles.